The Morgan fingerprint density at radius 2 is 2.43 bits per heavy atom. The van der Waals surface area contributed by atoms with Crippen molar-refractivity contribution in [2.75, 3.05) is 5.75 Å². The lowest BCUT2D eigenvalue weighted by Gasteiger charge is -2.01. The van der Waals surface area contributed by atoms with E-state index in [-0.39, 0.29) is 11.7 Å². The molecule has 1 rings (SSSR count). The summed E-state index contributed by atoms with van der Waals surface area (Å²) in [5, 5.41) is 7.05. The summed E-state index contributed by atoms with van der Waals surface area (Å²) in [4.78, 5) is 11.0. The molecule has 0 aromatic carbocycles. The molecule has 0 unspecified atom stereocenters. The molecule has 0 saturated carbocycles. The van der Waals surface area contributed by atoms with Crippen molar-refractivity contribution in [2.24, 2.45) is 7.05 Å². The highest BCUT2D eigenvalue weighted by Gasteiger charge is 2.06. The van der Waals surface area contributed by atoms with E-state index in [1.54, 1.807) is 4.68 Å². The summed E-state index contributed by atoms with van der Waals surface area (Å²) in [6, 6.07) is 0. The number of nitrogens with zero attached hydrogens (tertiary/aromatic N) is 2. The molecule has 0 aliphatic heterocycles. The minimum absolute atomic E-state index is 0.0563. The van der Waals surface area contributed by atoms with Crippen LogP contribution in [0.3, 0.4) is 0 Å². The smallest absolute Gasteiger partial charge is 0.229 e. The van der Waals surface area contributed by atoms with Gasteiger partial charge in [-0.05, 0) is 6.42 Å². The number of carbonyl (C=O) groups excluding carboxylic acids is 1. The van der Waals surface area contributed by atoms with Crippen molar-refractivity contribution in [1.29, 1.82) is 0 Å². The Hall–Kier alpha value is -0.970. The number of nitrogens with one attached hydrogen (secondary N) is 1. The van der Waals surface area contributed by atoms with Crippen LogP contribution in [0.2, 0.25) is 0 Å². The van der Waals surface area contributed by atoms with Crippen LogP contribution in [0.15, 0.2) is 6.20 Å². The van der Waals surface area contributed by atoms with Gasteiger partial charge in [-0.3, -0.25) is 9.48 Å². The summed E-state index contributed by atoms with van der Waals surface area (Å²) >= 11 is 3.88. The summed E-state index contributed by atoms with van der Waals surface area (Å²) in [7, 11) is 1.88. The Morgan fingerprint density at radius 3 is 3.00 bits per heavy atom. The van der Waals surface area contributed by atoms with Crippen molar-refractivity contribution >= 4 is 18.5 Å². The van der Waals surface area contributed by atoms with Gasteiger partial charge in [0.25, 0.3) is 0 Å². The van der Waals surface area contributed by atoms with Crippen molar-refractivity contribution in [3.63, 3.8) is 0 Å². The number of thiol groups is 1. The molecular formula is C9H15N3OS. The first-order valence-corrected chi connectivity index (χ1v) is 5.19. The van der Waals surface area contributed by atoms with Gasteiger partial charge in [0.1, 0.15) is 0 Å². The fourth-order valence-electron chi connectivity index (χ4n) is 1.28. The van der Waals surface area contributed by atoms with E-state index in [0.717, 1.165) is 17.7 Å². The highest BCUT2D eigenvalue weighted by Crippen LogP contribution is 2.06. The van der Waals surface area contributed by atoms with Gasteiger partial charge < -0.3 is 5.32 Å². The zero-order valence-electron chi connectivity index (χ0n) is 8.45. The molecule has 1 N–H and O–H groups in total. The SMILES string of the molecule is CCc1nn(C)cc1CNC(=O)CS. The molecule has 1 aromatic rings. The minimum atomic E-state index is -0.0563. The van der Waals surface area contributed by atoms with E-state index in [1.165, 1.54) is 0 Å². The summed E-state index contributed by atoms with van der Waals surface area (Å²) in [5.74, 6) is 0.168. The fourth-order valence-corrected chi connectivity index (χ4v) is 1.39. The predicted molar refractivity (Wildman–Crippen MR) is 58.3 cm³/mol. The van der Waals surface area contributed by atoms with E-state index in [9.17, 15) is 4.79 Å². The van der Waals surface area contributed by atoms with E-state index >= 15 is 0 Å². The third kappa shape index (κ3) is 2.77. The number of rotatable bonds is 4. The molecule has 0 radical (unpaired) electrons. The molecular weight excluding hydrogens is 198 g/mol. The number of amides is 1. The predicted octanol–water partition coefficient (Wildman–Crippen LogP) is 0.528. The maximum atomic E-state index is 11.0. The topological polar surface area (TPSA) is 46.9 Å². The van der Waals surface area contributed by atoms with Crippen LogP contribution in [-0.4, -0.2) is 21.4 Å². The van der Waals surface area contributed by atoms with Gasteiger partial charge in [0.2, 0.25) is 5.91 Å². The lowest BCUT2D eigenvalue weighted by Crippen LogP contribution is -2.24. The molecule has 1 aromatic heterocycles. The molecule has 0 atom stereocenters. The quantitative estimate of drug-likeness (QED) is 0.717. The van der Waals surface area contributed by atoms with Crippen molar-refractivity contribution in [3.8, 4) is 0 Å². The largest absolute Gasteiger partial charge is 0.351 e. The van der Waals surface area contributed by atoms with Gasteiger partial charge in [-0.2, -0.15) is 17.7 Å². The summed E-state index contributed by atoms with van der Waals surface area (Å²) in [5.41, 5.74) is 2.11. The summed E-state index contributed by atoms with van der Waals surface area (Å²) in [6.07, 6.45) is 2.81. The van der Waals surface area contributed by atoms with E-state index in [4.69, 9.17) is 0 Å². The lowest BCUT2D eigenvalue weighted by molar-refractivity contribution is -0.118. The summed E-state index contributed by atoms with van der Waals surface area (Å²) < 4.78 is 1.76. The van der Waals surface area contributed by atoms with Gasteiger partial charge in [-0.15, -0.1) is 0 Å². The lowest BCUT2D eigenvalue weighted by atomic mass is 10.2. The van der Waals surface area contributed by atoms with Crippen molar-refractivity contribution in [1.82, 2.24) is 15.1 Å². The van der Waals surface area contributed by atoms with Crippen LogP contribution in [0.4, 0.5) is 0 Å². The first kappa shape index (κ1) is 11.1. The number of hydrogen-bond donors (Lipinski definition) is 2. The molecule has 1 amide bonds. The van der Waals surface area contributed by atoms with Gasteiger partial charge >= 0.3 is 0 Å². The number of aryl methyl sites for hydroxylation is 2. The maximum Gasteiger partial charge on any atom is 0.229 e. The normalized spacial score (nSPS) is 10.2. The van der Waals surface area contributed by atoms with Crippen LogP contribution in [0.25, 0.3) is 0 Å². The molecule has 0 spiro atoms. The molecule has 4 nitrogen and oxygen atoms in total. The Kier molecular flexibility index (Phi) is 4.00. The zero-order valence-corrected chi connectivity index (χ0v) is 9.34. The van der Waals surface area contributed by atoms with Crippen LogP contribution >= 0.6 is 12.6 Å². The van der Waals surface area contributed by atoms with Crippen LogP contribution < -0.4 is 5.32 Å². The second-order valence-corrected chi connectivity index (χ2v) is 3.38. The van der Waals surface area contributed by atoms with Crippen molar-refractivity contribution < 1.29 is 4.79 Å². The standard InChI is InChI=1S/C9H15N3OS/c1-3-8-7(5-12(2)11-8)4-10-9(13)6-14/h5,14H,3-4,6H2,1-2H3,(H,10,13). The molecule has 0 aliphatic rings. The average molecular weight is 213 g/mol. The van der Waals surface area contributed by atoms with Crippen LogP contribution in [0.1, 0.15) is 18.2 Å². The zero-order chi connectivity index (χ0) is 10.6. The van der Waals surface area contributed by atoms with Crippen LogP contribution in [0, 0.1) is 0 Å². The highest BCUT2D eigenvalue weighted by atomic mass is 32.1. The van der Waals surface area contributed by atoms with Gasteiger partial charge in [0, 0.05) is 25.4 Å². The third-order valence-corrected chi connectivity index (χ3v) is 2.23. The minimum Gasteiger partial charge on any atom is -0.351 e. The molecule has 78 valence electrons. The first-order chi connectivity index (χ1) is 6.67. The van der Waals surface area contributed by atoms with Gasteiger partial charge in [0.15, 0.2) is 0 Å². The van der Waals surface area contributed by atoms with Gasteiger partial charge in [-0.25, -0.2) is 0 Å². The second kappa shape index (κ2) is 5.05. The van der Waals surface area contributed by atoms with Crippen molar-refractivity contribution in [3.05, 3.63) is 17.5 Å². The number of carbonyl (C=O) groups is 1. The third-order valence-electron chi connectivity index (χ3n) is 1.95. The molecule has 0 aliphatic carbocycles. The van der Waals surface area contributed by atoms with E-state index in [1.807, 2.05) is 20.2 Å². The Bertz CT molecular complexity index is 322. The Labute approximate surface area is 89.1 Å². The molecule has 5 heteroatoms. The van der Waals surface area contributed by atoms with Crippen LogP contribution in [0.5, 0.6) is 0 Å². The number of hydrogen-bond acceptors (Lipinski definition) is 3. The van der Waals surface area contributed by atoms with E-state index < -0.39 is 0 Å². The van der Waals surface area contributed by atoms with E-state index in [2.05, 4.69) is 23.0 Å². The molecule has 0 bridgehead atoms. The fraction of sp³-hybridized carbons (Fsp3) is 0.556. The average Bonchev–Trinajstić information content (AvgIpc) is 2.55. The monoisotopic (exact) mass is 213 g/mol. The Morgan fingerprint density at radius 1 is 1.71 bits per heavy atom. The van der Waals surface area contributed by atoms with E-state index in [0.29, 0.717) is 6.54 Å². The van der Waals surface area contributed by atoms with Crippen molar-refractivity contribution in [2.45, 2.75) is 19.9 Å². The van der Waals surface area contributed by atoms with Gasteiger partial charge in [-0.1, -0.05) is 6.92 Å². The second-order valence-electron chi connectivity index (χ2n) is 3.06. The number of aromatic nitrogens is 2. The highest BCUT2D eigenvalue weighted by molar-refractivity contribution is 7.81. The first-order valence-electron chi connectivity index (χ1n) is 4.56. The van der Waals surface area contributed by atoms with Gasteiger partial charge in [0.05, 0.1) is 11.4 Å². The molecule has 0 fully saturated rings. The molecule has 1 heterocycles. The summed E-state index contributed by atoms with van der Waals surface area (Å²) in [6.45, 7) is 2.59. The molecule has 0 saturated heterocycles. The maximum absolute atomic E-state index is 11.0. The van der Waals surface area contributed by atoms with Crippen LogP contribution in [-0.2, 0) is 24.8 Å². The molecule has 14 heavy (non-hydrogen) atoms. The Balaban J connectivity index is 2.61.